The molecule has 4 aromatic rings. The molecule has 1 amide bonds. The summed E-state index contributed by atoms with van der Waals surface area (Å²) in [6.07, 6.45) is 1.60. The fourth-order valence-corrected chi connectivity index (χ4v) is 4.77. The average molecular weight is 514 g/mol. The van der Waals surface area contributed by atoms with Crippen molar-refractivity contribution >= 4 is 28.3 Å². The van der Waals surface area contributed by atoms with Crippen LogP contribution in [0.1, 0.15) is 27.9 Å². The van der Waals surface area contributed by atoms with Gasteiger partial charge in [-0.15, -0.1) is 0 Å². The minimum absolute atomic E-state index is 0.175. The summed E-state index contributed by atoms with van der Waals surface area (Å²) in [6, 6.07) is 21.9. The highest BCUT2D eigenvalue weighted by Gasteiger charge is 2.19. The Kier molecular flexibility index (Phi) is 8.21. The molecule has 1 saturated heterocycles. The Balaban J connectivity index is 1.34. The van der Waals surface area contributed by atoms with Crippen LogP contribution in [0.4, 0.5) is 11.5 Å². The number of aryl methyl sites for hydroxylation is 1. The molecular formula is C30H35N5O3. The van der Waals surface area contributed by atoms with Gasteiger partial charge in [-0.1, -0.05) is 30.3 Å². The van der Waals surface area contributed by atoms with Crippen LogP contribution < -0.4 is 15.0 Å². The number of amides is 1. The first-order valence-electron chi connectivity index (χ1n) is 13.1. The maximum atomic E-state index is 13.5. The zero-order chi connectivity index (χ0) is 26.3. The van der Waals surface area contributed by atoms with Gasteiger partial charge < -0.3 is 24.6 Å². The third kappa shape index (κ3) is 6.15. The predicted octanol–water partition coefficient (Wildman–Crippen LogP) is 4.73. The first-order valence-corrected chi connectivity index (χ1v) is 13.1. The number of hydrogen-bond acceptors (Lipinski definition) is 6. The van der Waals surface area contributed by atoms with Crippen molar-refractivity contribution in [1.82, 2.24) is 15.1 Å². The van der Waals surface area contributed by atoms with E-state index >= 15 is 0 Å². The molecule has 8 nitrogen and oxygen atoms in total. The quantitative estimate of drug-likeness (QED) is 0.299. The van der Waals surface area contributed by atoms with Gasteiger partial charge in [-0.25, -0.2) is 0 Å². The molecule has 1 fully saturated rings. The summed E-state index contributed by atoms with van der Waals surface area (Å²) in [6.45, 7) is 5.14. The zero-order valence-electron chi connectivity index (χ0n) is 22.1. The summed E-state index contributed by atoms with van der Waals surface area (Å²) < 4.78 is 11.3. The number of anilines is 2. The predicted molar refractivity (Wildman–Crippen MR) is 151 cm³/mol. The number of nitrogens with zero attached hydrogens (tertiary/aromatic N) is 3. The number of piperazine rings is 1. The Bertz CT molecular complexity index is 1360. The summed E-state index contributed by atoms with van der Waals surface area (Å²) in [7, 11) is 3.85. The van der Waals surface area contributed by atoms with Crippen molar-refractivity contribution in [2.24, 2.45) is 0 Å². The lowest BCUT2D eigenvalue weighted by molar-refractivity contribution is 0.102. The van der Waals surface area contributed by atoms with E-state index in [1.54, 1.807) is 7.11 Å². The van der Waals surface area contributed by atoms with Crippen LogP contribution in [0.2, 0.25) is 0 Å². The van der Waals surface area contributed by atoms with Crippen molar-refractivity contribution < 1.29 is 14.3 Å². The lowest BCUT2D eigenvalue weighted by Gasteiger charge is -2.34. The van der Waals surface area contributed by atoms with Crippen molar-refractivity contribution in [2.75, 3.05) is 57.2 Å². The third-order valence-corrected chi connectivity index (χ3v) is 7.01. The van der Waals surface area contributed by atoms with Crippen LogP contribution in [0, 0.1) is 0 Å². The number of methoxy groups -OCH3 is 1. The van der Waals surface area contributed by atoms with Gasteiger partial charge in [-0.2, -0.15) is 5.10 Å². The van der Waals surface area contributed by atoms with E-state index in [0.717, 1.165) is 72.5 Å². The maximum absolute atomic E-state index is 13.5. The molecule has 0 spiro atoms. The Labute approximate surface area is 223 Å². The van der Waals surface area contributed by atoms with E-state index in [2.05, 4.69) is 44.5 Å². The van der Waals surface area contributed by atoms with E-state index in [4.69, 9.17) is 9.47 Å². The smallest absolute Gasteiger partial charge is 0.257 e. The lowest BCUT2D eigenvalue weighted by atomic mass is 10.0. The van der Waals surface area contributed by atoms with Crippen LogP contribution >= 0.6 is 0 Å². The zero-order valence-corrected chi connectivity index (χ0v) is 22.1. The molecule has 2 heterocycles. The van der Waals surface area contributed by atoms with E-state index in [-0.39, 0.29) is 5.91 Å². The van der Waals surface area contributed by atoms with E-state index < -0.39 is 0 Å². The molecule has 0 atom stereocenters. The fourth-order valence-electron chi connectivity index (χ4n) is 4.77. The summed E-state index contributed by atoms with van der Waals surface area (Å²) in [5, 5.41) is 11.2. The van der Waals surface area contributed by atoms with Gasteiger partial charge in [0.2, 0.25) is 0 Å². The number of aromatic nitrogens is 2. The number of carbonyl (C=O) groups excluding carboxylic acids is 1. The number of aromatic amines is 1. The largest absolute Gasteiger partial charge is 0.489 e. The van der Waals surface area contributed by atoms with Crippen molar-refractivity contribution in [2.45, 2.75) is 19.4 Å². The molecule has 0 unspecified atom stereocenters. The first-order chi connectivity index (χ1) is 18.6. The minimum Gasteiger partial charge on any atom is -0.489 e. The molecule has 1 aliphatic heterocycles. The Morgan fingerprint density at radius 3 is 2.63 bits per heavy atom. The van der Waals surface area contributed by atoms with Gasteiger partial charge in [0.05, 0.1) is 5.52 Å². The molecule has 198 valence electrons. The summed E-state index contributed by atoms with van der Waals surface area (Å²) in [5.41, 5.74) is 4.76. The van der Waals surface area contributed by atoms with Crippen molar-refractivity contribution in [3.05, 3.63) is 83.4 Å². The van der Waals surface area contributed by atoms with Crippen molar-refractivity contribution in [3.8, 4) is 5.75 Å². The minimum atomic E-state index is -0.175. The molecule has 0 radical (unpaired) electrons. The number of nitrogens with one attached hydrogen (secondary N) is 2. The van der Waals surface area contributed by atoms with Crippen LogP contribution in [0.3, 0.4) is 0 Å². The SMILES string of the molecule is COCCCc1cc(N2CCN(C)CC2)ccc1C(=O)Nc1n[nH]c2ccc(OCc3ccccc3)cc12. The maximum Gasteiger partial charge on any atom is 0.257 e. The molecule has 0 saturated carbocycles. The van der Waals surface area contributed by atoms with Crippen LogP contribution in [0.5, 0.6) is 5.75 Å². The summed E-state index contributed by atoms with van der Waals surface area (Å²) >= 11 is 0. The van der Waals surface area contributed by atoms with E-state index in [1.807, 2.05) is 54.6 Å². The van der Waals surface area contributed by atoms with E-state index in [0.29, 0.717) is 24.6 Å². The van der Waals surface area contributed by atoms with Gasteiger partial charge in [-0.05, 0) is 67.4 Å². The van der Waals surface area contributed by atoms with Crippen LogP contribution in [0.25, 0.3) is 10.9 Å². The molecule has 38 heavy (non-hydrogen) atoms. The molecule has 5 rings (SSSR count). The molecule has 2 N–H and O–H groups in total. The molecular weight excluding hydrogens is 478 g/mol. The Morgan fingerprint density at radius 2 is 1.84 bits per heavy atom. The molecule has 3 aromatic carbocycles. The molecule has 0 aliphatic carbocycles. The standard InChI is InChI=1S/C30H35N5O3/c1-34-14-16-35(17-15-34)24-10-12-26(23(19-24)9-6-18-37-2)30(36)31-29-27-20-25(11-13-28(27)32-33-29)38-21-22-7-4-3-5-8-22/h3-5,7-8,10-13,19-20H,6,9,14-18,21H2,1-2H3,(H2,31,32,33,36). The lowest BCUT2D eigenvalue weighted by Crippen LogP contribution is -2.44. The molecule has 1 aromatic heterocycles. The van der Waals surface area contributed by atoms with Gasteiger partial charge in [0.15, 0.2) is 5.82 Å². The number of hydrogen-bond donors (Lipinski definition) is 2. The molecule has 1 aliphatic rings. The normalized spacial score (nSPS) is 14.1. The summed E-state index contributed by atoms with van der Waals surface area (Å²) in [5.74, 6) is 1.03. The van der Waals surface area contributed by atoms with Gasteiger partial charge in [-0.3, -0.25) is 9.89 Å². The second-order valence-electron chi connectivity index (χ2n) is 9.74. The number of rotatable bonds is 10. The number of ether oxygens (including phenoxy) is 2. The molecule has 8 heteroatoms. The van der Waals surface area contributed by atoms with E-state index in [9.17, 15) is 4.79 Å². The van der Waals surface area contributed by atoms with Crippen LogP contribution in [0.15, 0.2) is 66.7 Å². The third-order valence-electron chi connectivity index (χ3n) is 7.01. The van der Waals surface area contributed by atoms with Crippen LogP contribution in [-0.4, -0.2) is 67.9 Å². The number of fused-ring (bicyclic) bond motifs is 1. The second kappa shape index (κ2) is 12.1. The highest BCUT2D eigenvalue weighted by atomic mass is 16.5. The van der Waals surface area contributed by atoms with Crippen molar-refractivity contribution in [1.29, 1.82) is 0 Å². The van der Waals surface area contributed by atoms with Crippen LogP contribution in [-0.2, 0) is 17.8 Å². The van der Waals surface area contributed by atoms with Gasteiger partial charge in [0, 0.05) is 56.5 Å². The number of likely N-dealkylation sites (N-methyl/N-ethyl adjacent to an activating group) is 1. The fraction of sp³-hybridized carbons (Fsp3) is 0.333. The highest BCUT2D eigenvalue weighted by molar-refractivity contribution is 6.09. The average Bonchev–Trinajstić information content (AvgIpc) is 3.34. The van der Waals surface area contributed by atoms with Crippen molar-refractivity contribution in [3.63, 3.8) is 0 Å². The Hall–Kier alpha value is -3.88. The summed E-state index contributed by atoms with van der Waals surface area (Å²) in [4.78, 5) is 18.2. The molecule has 0 bridgehead atoms. The van der Waals surface area contributed by atoms with E-state index in [1.165, 1.54) is 0 Å². The number of benzene rings is 3. The van der Waals surface area contributed by atoms with Gasteiger partial charge >= 0.3 is 0 Å². The Morgan fingerprint density at radius 1 is 1.03 bits per heavy atom. The van der Waals surface area contributed by atoms with Gasteiger partial charge in [0.25, 0.3) is 5.91 Å². The topological polar surface area (TPSA) is 82.7 Å². The number of carbonyl (C=O) groups is 1. The monoisotopic (exact) mass is 513 g/mol. The first kappa shape index (κ1) is 25.8. The number of H-pyrrole nitrogens is 1. The second-order valence-corrected chi connectivity index (χ2v) is 9.74. The van der Waals surface area contributed by atoms with Gasteiger partial charge in [0.1, 0.15) is 12.4 Å². The highest BCUT2D eigenvalue weighted by Crippen LogP contribution is 2.28.